The number of ether oxygens (including phenoxy) is 1. The summed E-state index contributed by atoms with van der Waals surface area (Å²) < 4.78 is 5.12. The maximum absolute atomic E-state index is 8.50. The number of rotatable bonds is 4. The zero-order valence-corrected chi connectivity index (χ0v) is 9.03. The van der Waals surface area contributed by atoms with Gasteiger partial charge in [0.25, 0.3) is 0 Å². The van der Waals surface area contributed by atoms with Crippen LogP contribution in [-0.2, 0) is 0 Å². The minimum absolute atomic E-state index is 0.479. The Labute approximate surface area is 89.9 Å². The number of nitrogens with zero attached hydrogens (tertiary/aromatic N) is 2. The SMILES string of the molecule is COc1cccc(N(C)CCC#N)c1N. The maximum atomic E-state index is 8.50. The van der Waals surface area contributed by atoms with Crippen LogP contribution in [0, 0.1) is 11.3 Å². The molecule has 0 bridgehead atoms. The van der Waals surface area contributed by atoms with Gasteiger partial charge in [-0.3, -0.25) is 0 Å². The molecule has 0 saturated heterocycles. The Bertz CT molecular complexity index is 371. The van der Waals surface area contributed by atoms with Gasteiger partial charge in [0.2, 0.25) is 0 Å². The van der Waals surface area contributed by atoms with Crippen LogP contribution in [0.1, 0.15) is 6.42 Å². The Morgan fingerprint density at radius 1 is 1.53 bits per heavy atom. The average molecular weight is 205 g/mol. The third kappa shape index (κ3) is 2.53. The van der Waals surface area contributed by atoms with E-state index >= 15 is 0 Å². The van der Waals surface area contributed by atoms with Crippen LogP contribution in [0.3, 0.4) is 0 Å². The summed E-state index contributed by atoms with van der Waals surface area (Å²) in [7, 11) is 3.49. The van der Waals surface area contributed by atoms with Crippen LogP contribution in [0.4, 0.5) is 11.4 Å². The van der Waals surface area contributed by atoms with Gasteiger partial charge in [-0.05, 0) is 12.1 Å². The molecule has 0 saturated carbocycles. The molecule has 1 aromatic rings. The normalized spacial score (nSPS) is 9.40. The van der Waals surface area contributed by atoms with Crippen LogP contribution >= 0.6 is 0 Å². The van der Waals surface area contributed by atoms with Gasteiger partial charge in [0, 0.05) is 13.6 Å². The van der Waals surface area contributed by atoms with Crippen LogP contribution in [0.25, 0.3) is 0 Å². The molecule has 0 aliphatic carbocycles. The molecule has 0 fully saturated rings. The van der Waals surface area contributed by atoms with Crippen molar-refractivity contribution in [3.05, 3.63) is 18.2 Å². The number of nitriles is 1. The van der Waals surface area contributed by atoms with E-state index in [1.54, 1.807) is 7.11 Å². The standard InChI is InChI=1S/C11H15N3O/c1-14(8-4-7-12)9-5-3-6-10(15-2)11(9)13/h3,5-6H,4,8,13H2,1-2H3. The first-order chi connectivity index (χ1) is 7.20. The van der Waals surface area contributed by atoms with Gasteiger partial charge in [-0.15, -0.1) is 0 Å². The molecule has 0 amide bonds. The summed E-state index contributed by atoms with van der Waals surface area (Å²) in [5, 5.41) is 8.50. The van der Waals surface area contributed by atoms with Crippen molar-refractivity contribution in [2.24, 2.45) is 0 Å². The van der Waals surface area contributed by atoms with Gasteiger partial charge in [0.05, 0.1) is 31.0 Å². The lowest BCUT2D eigenvalue weighted by Gasteiger charge is -2.20. The van der Waals surface area contributed by atoms with E-state index in [-0.39, 0.29) is 0 Å². The predicted molar refractivity (Wildman–Crippen MR) is 60.9 cm³/mol. The highest BCUT2D eigenvalue weighted by atomic mass is 16.5. The first-order valence-corrected chi connectivity index (χ1v) is 4.71. The number of nitrogens with two attached hydrogens (primary N) is 1. The summed E-state index contributed by atoms with van der Waals surface area (Å²) >= 11 is 0. The smallest absolute Gasteiger partial charge is 0.143 e. The molecule has 0 aromatic heterocycles. The van der Waals surface area contributed by atoms with E-state index in [1.165, 1.54) is 0 Å². The molecule has 0 aliphatic heterocycles. The summed E-state index contributed by atoms with van der Waals surface area (Å²) in [6.45, 7) is 0.661. The maximum Gasteiger partial charge on any atom is 0.143 e. The van der Waals surface area contributed by atoms with E-state index in [1.807, 2.05) is 30.1 Å². The molecular weight excluding hydrogens is 190 g/mol. The van der Waals surface area contributed by atoms with Crippen LogP contribution in [0.2, 0.25) is 0 Å². The molecule has 1 rings (SSSR count). The third-order valence-corrected chi connectivity index (χ3v) is 2.23. The lowest BCUT2D eigenvalue weighted by molar-refractivity contribution is 0.417. The van der Waals surface area contributed by atoms with Gasteiger partial charge in [-0.25, -0.2) is 0 Å². The van der Waals surface area contributed by atoms with Crippen molar-refractivity contribution >= 4 is 11.4 Å². The van der Waals surface area contributed by atoms with Crippen LogP contribution in [0.5, 0.6) is 5.75 Å². The first kappa shape index (κ1) is 11.2. The minimum atomic E-state index is 0.479. The Balaban J connectivity index is 2.89. The van der Waals surface area contributed by atoms with E-state index in [2.05, 4.69) is 6.07 Å². The molecule has 15 heavy (non-hydrogen) atoms. The number of hydrogen-bond donors (Lipinski definition) is 1. The average Bonchev–Trinajstić information content (AvgIpc) is 2.26. The largest absolute Gasteiger partial charge is 0.495 e. The summed E-state index contributed by atoms with van der Waals surface area (Å²) in [6, 6.07) is 7.71. The lowest BCUT2D eigenvalue weighted by Crippen LogP contribution is -2.19. The van der Waals surface area contributed by atoms with E-state index in [0.717, 1.165) is 5.69 Å². The molecule has 4 heteroatoms. The minimum Gasteiger partial charge on any atom is -0.495 e. The molecule has 0 heterocycles. The van der Waals surface area contributed by atoms with Crippen LogP contribution in [0.15, 0.2) is 18.2 Å². The monoisotopic (exact) mass is 205 g/mol. The second-order valence-electron chi connectivity index (χ2n) is 3.22. The second kappa shape index (κ2) is 5.11. The summed E-state index contributed by atoms with van der Waals surface area (Å²) in [5.41, 5.74) is 7.42. The Morgan fingerprint density at radius 2 is 2.27 bits per heavy atom. The fraction of sp³-hybridized carbons (Fsp3) is 0.364. The van der Waals surface area contributed by atoms with Gasteiger partial charge < -0.3 is 15.4 Å². The van der Waals surface area contributed by atoms with Crippen molar-refractivity contribution in [1.82, 2.24) is 0 Å². The van der Waals surface area contributed by atoms with Gasteiger partial charge in [0.15, 0.2) is 0 Å². The van der Waals surface area contributed by atoms with Crippen molar-refractivity contribution in [2.75, 3.05) is 31.3 Å². The Hall–Kier alpha value is -1.89. The molecule has 0 spiro atoms. The van der Waals surface area contributed by atoms with E-state index in [0.29, 0.717) is 24.4 Å². The molecular formula is C11H15N3O. The highest BCUT2D eigenvalue weighted by molar-refractivity contribution is 5.73. The summed E-state index contributed by atoms with van der Waals surface area (Å²) in [5.74, 6) is 0.663. The molecule has 80 valence electrons. The van der Waals surface area contributed by atoms with Crippen molar-refractivity contribution < 1.29 is 4.74 Å². The van der Waals surface area contributed by atoms with Crippen LogP contribution < -0.4 is 15.4 Å². The number of hydrogen-bond acceptors (Lipinski definition) is 4. The zero-order chi connectivity index (χ0) is 11.3. The van der Waals surface area contributed by atoms with Gasteiger partial charge in [-0.2, -0.15) is 5.26 Å². The number of para-hydroxylation sites is 1. The topological polar surface area (TPSA) is 62.3 Å². The molecule has 0 radical (unpaired) electrons. The van der Waals surface area contributed by atoms with Gasteiger partial charge >= 0.3 is 0 Å². The molecule has 4 nitrogen and oxygen atoms in total. The summed E-state index contributed by atoms with van der Waals surface area (Å²) in [6.07, 6.45) is 0.479. The number of methoxy groups -OCH3 is 1. The second-order valence-corrected chi connectivity index (χ2v) is 3.22. The van der Waals surface area contributed by atoms with Gasteiger partial charge in [-0.1, -0.05) is 6.07 Å². The Morgan fingerprint density at radius 3 is 2.87 bits per heavy atom. The molecule has 1 aromatic carbocycles. The van der Waals surface area contributed by atoms with Crippen molar-refractivity contribution in [3.63, 3.8) is 0 Å². The zero-order valence-electron chi connectivity index (χ0n) is 9.03. The molecule has 0 unspecified atom stereocenters. The number of benzene rings is 1. The molecule has 2 N–H and O–H groups in total. The van der Waals surface area contributed by atoms with Crippen molar-refractivity contribution in [2.45, 2.75) is 6.42 Å². The summed E-state index contributed by atoms with van der Waals surface area (Å²) in [4.78, 5) is 1.95. The fourth-order valence-corrected chi connectivity index (χ4v) is 1.38. The number of anilines is 2. The highest BCUT2D eigenvalue weighted by Gasteiger charge is 2.08. The first-order valence-electron chi connectivity index (χ1n) is 4.71. The lowest BCUT2D eigenvalue weighted by atomic mass is 10.2. The van der Waals surface area contributed by atoms with E-state index in [4.69, 9.17) is 15.7 Å². The fourth-order valence-electron chi connectivity index (χ4n) is 1.38. The van der Waals surface area contributed by atoms with E-state index < -0.39 is 0 Å². The van der Waals surface area contributed by atoms with Crippen LogP contribution in [-0.4, -0.2) is 20.7 Å². The van der Waals surface area contributed by atoms with E-state index in [9.17, 15) is 0 Å². The van der Waals surface area contributed by atoms with Crippen molar-refractivity contribution in [1.29, 1.82) is 5.26 Å². The molecule has 0 aliphatic rings. The van der Waals surface area contributed by atoms with Gasteiger partial charge in [0.1, 0.15) is 5.75 Å². The predicted octanol–water partition coefficient (Wildman–Crippen LogP) is 1.63. The third-order valence-electron chi connectivity index (χ3n) is 2.23. The van der Waals surface area contributed by atoms with Crippen molar-refractivity contribution in [3.8, 4) is 11.8 Å². The number of nitrogen functional groups attached to an aromatic ring is 1. The molecule has 0 atom stereocenters. The quantitative estimate of drug-likeness (QED) is 0.759. The highest BCUT2D eigenvalue weighted by Crippen LogP contribution is 2.31. The Kier molecular flexibility index (Phi) is 3.81.